The maximum atomic E-state index is 13.8. The number of methoxy groups -OCH3 is 1. The molecule has 13 heteroatoms. The number of carboxylic acid groups (broad SMARTS) is 1. The van der Waals surface area contributed by atoms with Gasteiger partial charge in [-0.1, -0.05) is 23.8 Å². The van der Waals surface area contributed by atoms with E-state index in [9.17, 15) is 14.0 Å². The van der Waals surface area contributed by atoms with E-state index in [1.165, 1.54) is 32.5 Å². The Hall–Kier alpha value is -3.64. The summed E-state index contributed by atoms with van der Waals surface area (Å²) in [6, 6.07) is 4.35. The van der Waals surface area contributed by atoms with Gasteiger partial charge >= 0.3 is 6.09 Å². The molecule has 3 rings (SSSR count). The van der Waals surface area contributed by atoms with Gasteiger partial charge in [-0.05, 0) is 18.2 Å². The average molecular weight is 538 g/mol. The molecule has 1 aromatic carbocycles. The van der Waals surface area contributed by atoms with Crippen LogP contribution in [0.15, 0.2) is 41.9 Å². The second-order valence-electron chi connectivity index (χ2n) is 7.65. The van der Waals surface area contributed by atoms with Gasteiger partial charge in [0.05, 0.1) is 31.1 Å². The Balaban J connectivity index is 1.76. The third-order valence-corrected chi connectivity index (χ3v) is 5.95. The molecule has 2 amide bonds. The van der Waals surface area contributed by atoms with Crippen molar-refractivity contribution in [2.45, 2.75) is 13.0 Å². The average Bonchev–Trinajstić information content (AvgIpc) is 2.85. The molecule has 0 saturated carbocycles. The number of likely N-dealkylation sites (N-methyl/N-ethyl adjacent to an activating group) is 1. The number of carbonyl (C=O) groups is 2. The van der Waals surface area contributed by atoms with Gasteiger partial charge in [0.1, 0.15) is 28.2 Å². The summed E-state index contributed by atoms with van der Waals surface area (Å²) in [4.78, 5) is 28.9. The number of carbonyl (C=O) groups excluding carboxylic acids is 1. The lowest BCUT2D eigenvalue weighted by atomic mass is 10.1. The Labute approximate surface area is 217 Å². The summed E-state index contributed by atoms with van der Waals surface area (Å²) in [5.41, 5.74) is 1.91. The van der Waals surface area contributed by atoms with Gasteiger partial charge in [0.2, 0.25) is 0 Å². The first-order chi connectivity index (χ1) is 17.2. The Bertz CT molecular complexity index is 1200. The zero-order valence-corrected chi connectivity index (χ0v) is 21.1. The fourth-order valence-corrected chi connectivity index (χ4v) is 3.93. The molecule has 0 unspecified atom stereocenters. The van der Waals surface area contributed by atoms with Crippen LogP contribution in [0.25, 0.3) is 0 Å². The number of pyridine rings is 1. The summed E-state index contributed by atoms with van der Waals surface area (Å²) < 4.78 is 24.7. The van der Waals surface area contributed by atoms with E-state index in [2.05, 4.69) is 20.9 Å². The van der Waals surface area contributed by atoms with E-state index in [0.717, 1.165) is 10.5 Å². The maximum absolute atomic E-state index is 13.8. The highest BCUT2D eigenvalue weighted by molar-refractivity contribution is 7.81. The minimum Gasteiger partial charge on any atom is -0.493 e. The van der Waals surface area contributed by atoms with Crippen LogP contribution in [-0.2, 0) is 11.3 Å². The number of aromatic nitrogens is 1. The van der Waals surface area contributed by atoms with E-state index >= 15 is 0 Å². The number of hydrogen-bond acceptors (Lipinski definition) is 7. The standard InChI is InChI=1S/C23H25ClFN5O5S/c1-30(23(32)33)9-10-35-17-12-26-7-5-13(17)11-28-15-6-8-27-21(31)18(15)22(36)29-16-4-3-14(25)19(24)20(16)34-2/h3-5,7,12,28H,6,8-11H2,1-2H3,(H,27,31)(H,29,36)(H,32,33). The monoisotopic (exact) mass is 537 g/mol. The first kappa shape index (κ1) is 27.0. The maximum Gasteiger partial charge on any atom is 0.407 e. The number of anilines is 1. The third kappa shape index (κ3) is 6.52. The normalized spacial score (nSPS) is 13.1. The zero-order valence-electron chi connectivity index (χ0n) is 19.6. The van der Waals surface area contributed by atoms with Crippen LogP contribution in [-0.4, -0.2) is 65.8 Å². The summed E-state index contributed by atoms with van der Waals surface area (Å²) in [5.74, 6) is -0.460. The number of halogens is 2. The molecule has 0 saturated heterocycles. The molecule has 0 spiro atoms. The summed E-state index contributed by atoms with van der Waals surface area (Å²) in [7, 11) is 2.80. The highest BCUT2D eigenvalue weighted by atomic mass is 35.5. The van der Waals surface area contributed by atoms with Gasteiger partial charge in [-0.2, -0.15) is 0 Å². The number of nitrogens with one attached hydrogen (secondary N) is 3. The van der Waals surface area contributed by atoms with Gasteiger partial charge in [0, 0.05) is 44.0 Å². The van der Waals surface area contributed by atoms with E-state index in [0.29, 0.717) is 36.6 Å². The van der Waals surface area contributed by atoms with Crippen molar-refractivity contribution in [2.24, 2.45) is 0 Å². The molecule has 1 aliphatic heterocycles. The molecule has 4 N–H and O–H groups in total. The minimum absolute atomic E-state index is 0.0671. The van der Waals surface area contributed by atoms with Crippen molar-refractivity contribution in [2.75, 3.05) is 39.2 Å². The van der Waals surface area contributed by atoms with Crippen LogP contribution in [0.4, 0.5) is 14.9 Å². The quantitative estimate of drug-likeness (QED) is 0.338. The molecule has 1 aliphatic rings. The van der Waals surface area contributed by atoms with E-state index in [4.69, 9.17) is 38.4 Å². The number of ether oxygens (including phenoxy) is 2. The lowest BCUT2D eigenvalue weighted by Crippen LogP contribution is -2.39. The fraction of sp³-hybridized carbons (Fsp3) is 0.304. The van der Waals surface area contributed by atoms with Crippen molar-refractivity contribution in [3.63, 3.8) is 0 Å². The molecule has 192 valence electrons. The summed E-state index contributed by atoms with van der Waals surface area (Å²) >= 11 is 11.5. The number of nitrogens with zero attached hydrogens (tertiary/aromatic N) is 2. The Kier molecular flexibility index (Phi) is 9.25. The predicted molar refractivity (Wildman–Crippen MR) is 136 cm³/mol. The topological polar surface area (TPSA) is 125 Å². The Morgan fingerprint density at radius 1 is 1.39 bits per heavy atom. The van der Waals surface area contributed by atoms with Crippen molar-refractivity contribution in [1.82, 2.24) is 20.5 Å². The lowest BCUT2D eigenvalue weighted by molar-refractivity contribution is -0.117. The molecule has 0 fully saturated rings. The molecule has 36 heavy (non-hydrogen) atoms. The molecule has 0 aliphatic carbocycles. The SMILES string of the molecule is COc1c(NC(=S)C2=C(NCc3ccncc3OCCN(C)C(=O)O)CCNC2=O)ccc(F)c1Cl. The largest absolute Gasteiger partial charge is 0.493 e. The van der Waals surface area contributed by atoms with Crippen LogP contribution < -0.4 is 25.4 Å². The van der Waals surface area contributed by atoms with E-state index < -0.39 is 11.9 Å². The predicted octanol–water partition coefficient (Wildman–Crippen LogP) is 3.17. The van der Waals surface area contributed by atoms with Crippen molar-refractivity contribution in [3.05, 3.63) is 58.3 Å². The number of hydrogen-bond donors (Lipinski definition) is 4. The van der Waals surface area contributed by atoms with Gasteiger partial charge in [0.25, 0.3) is 5.91 Å². The smallest absolute Gasteiger partial charge is 0.407 e. The zero-order chi connectivity index (χ0) is 26.2. The molecule has 2 aromatic rings. The molecule has 0 atom stereocenters. The molecule has 1 aromatic heterocycles. The Morgan fingerprint density at radius 2 is 2.17 bits per heavy atom. The molecule has 0 radical (unpaired) electrons. The third-order valence-electron chi connectivity index (χ3n) is 5.29. The van der Waals surface area contributed by atoms with E-state index in [1.807, 2.05) is 0 Å². The number of thiocarbonyl (C=S) groups is 1. The van der Waals surface area contributed by atoms with Crippen LogP contribution in [0.1, 0.15) is 12.0 Å². The van der Waals surface area contributed by atoms with Crippen molar-refractivity contribution in [3.8, 4) is 11.5 Å². The van der Waals surface area contributed by atoms with Crippen LogP contribution in [0.2, 0.25) is 5.02 Å². The van der Waals surface area contributed by atoms with Crippen molar-refractivity contribution < 1.29 is 28.6 Å². The van der Waals surface area contributed by atoms with Gasteiger partial charge in [-0.25, -0.2) is 9.18 Å². The summed E-state index contributed by atoms with van der Waals surface area (Å²) in [6.07, 6.45) is 2.59. The van der Waals surface area contributed by atoms with Gasteiger partial charge < -0.3 is 35.4 Å². The van der Waals surface area contributed by atoms with Crippen LogP contribution in [0, 0.1) is 5.82 Å². The van der Waals surface area contributed by atoms with E-state index in [1.54, 1.807) is 12.3 Å². The van der Waals surface area contributed by atoms with Crippen LogP contribution >= 0.6 is 23.8 Å². The number of amides is 2. The van der Waals surface area contributed by atoms with Crippen molar-refractivity contribution in [1.29, 1.82) is 0 Å². The Morgan fingerprint density at radius 3 is 2.89 bits per heavy atom. The molecule has 2 heterocycles. The van der Waals surface area contributed by atoms with Crippen LogP contribution in [0.5, 0.6) is 11.5 Å². The highest BCUT2D eigenvalue weighted by Gasteiger charge is 2.25. The second kappa shape index (κ2) is 12.4. The highest BCUT2D eigenvalue weighted by Crippen LogP contribution is 2.35. The fourth-order valence-electron chi connectivity index (χ4n) is 3.36. The molecular weight excluding hydrogens is 513 g/mol. The molecular formula is C23H25ClFN5O5S. The minimum atomic E-state index is -1.05. The number of benzene rings is 1. The van der Waals surface area contributed by atoms with Gasteiger partial charge in [0.15, 0.2) is 5.75 Å². The van der Waals surface area contributed by atoms with Gasteiger partial charge in [-0.15, -0.1) is 0 Å². The lowest BCUT2D eigenvalue weighted by Gasteiger charge is -2.24. The molecule has 10 nitrogen and oxygen atoms in total. The second-order valence-corrected chi connectivity index (χ2v) is 8.43. The number of rotatable bonds is 10. The van der Waals surface area contributed by atoms with E-state index in [-0.39, 0.29) is 40.4 Å². The van der Waals surface area contributed by atoms with Crippen LogP contribution in [0.3, 0.4) is 0 Å². The summed E-state index contributed by atoms with van der Waals surface area (Å²) in [5, 5.41) is 17.7. The first-order valence-corrected chi connectivity index (χ1v) is 11.6. The van der Waals surface area contributed by atoms with Crippen molar-refractivity contribution >= 4 is 46.5 Å². The summed E-state index contributed by atoms with van der Waals surface area (Å²) in [6.45, 7) is 1.05. The van der Waals surface area contributed by atoms with Gasteiger partial charge in [-0.3, -0.25) is 9.78 Å². The molecule has 0 bridgehead atoms. The first-order valence-electron chi connectivity index (χ1n) is 10.8.